The SMILES string of the molecule is CC(C)OCCN1C(=O)C(O)=C(C(=O)C(C)C)C1c1cccc(O)c1. The highest BCUT2D eigenvalue weighted by Crippen LogP contribution is 2.39. The molecular weight excluding hydrogens is 322 g/mol. The fraction of sp³-hybridized carbons (Fsp3) is 0.474. The molecule has 2 rings (SSSR count). The van der Waals surface area contributed by atoms with Gasteiger partial charge in [0.25, 0.3) is 5.91 Å². The van der Waals surface area contributed by atoms with Gasteiger partial charge in [-0.1, -0.05) is 26.0 Å². The topological polar surface area (TPSA) is 87.1 Å². The monoisotopic (exact) mass is 347 g/mol. The predicted octanol–water partition coefficient (Wildman–Crippen LogP) is 2.74. The summed E-state index contributed by atoms with van der Waals surface area (Å²) in [7, 11) is 0. The van der Waals surface area contributed by atoms with E-state index < -0.39 is 17.7 Å². The summed E-state index contributed by atoms with van der Waals surface area (Å²) in [5.41, 5.74) is 0.654. The van der Waals surface area contributed by atoms with Gasteiger partial charge in [-0.05, 0) is 31.5 Å². The summed E-state index contributed by atoms with van der Waals surface area (Å²) in [5.74, 6) is -1.73. The number of phenols is 1. The van der Waals surface area contributed by atoms with Gasteiger partial charge >= 0.3 is 0 Å². The second kappa shape index (κ2) is 7.70. The largest absolute Gasteiger partial charge is 0.508 e. The maximum absolute atomic E-state index is 12.6. The van der Waals surface area contributed by atoms with Crippen LogP contribution in [0, 0.1) is 5.92 Å². The fourth-order valence-corrected chi connectivity index (χ4v) is 2.88. The van der Waals surface area contributed by atoms with E-state index in [9.17, 15) is 19.8 Å². The number of aliphatic hydroxyl groups is 1. The lowest BCUT2D eigenvalue weighted by atomic mass is 9.91. The molecule has 0 fully saturated rings. The Morgan fingerprint density at radius 3 is 2.48 bits per heavy atom. The summed E-state index contributed by atoms with van der Waals surface area (Å²) in [6.07, 6.45) is 0.00949. The Morgan fingerprint density at radius 2 is 1.92 bits per heavy atom. The van der Waals surface area contributed by atoms with Gasteiger partial charge in [-0.15, -0.1) is 0 Å². The summed E-state index contributed by atoms with van der Waals surface area (Å²) >= 11 is 0. The van der Waals surface area contributed by atoms with E-state index in [1.165, 1.54) is 17.0 Å². The van der Waals surface area contributed by atoms with Gasteiger partial charge in [0, 0.05) is 12.5 Å². The van der Waals surface area contributed by atoms with Crippen molar-refractivity contribution in [2.24, 2.45) is 5.92 Å². The standard InChI is InChI=1S/C19H25NO5/c1-11(2)17(22)15-16(13-6-5-7-14(21)10-13)20(19(24)18(15)23)8-9-25-12(3)4/h5-7,10-12,16,21,23H,8-9H2,1-4H3. The molecule has 0 aliphatic carbocycles. The highest BCUT2D eigenvalue weighted by atomic mass is 16.5. The lowest BCUT2D eigenvalue weighted by Crippen LogP contribution is -2.34. The van der Waals surface area contributed by atoms with Crippen LogP contribution in [0.15, 0.2) is 35.6 Å². The van der Waals surface area contributed by atoms with E-state index in [0.717, 1.165) is 0 Å². The number of carbonyl (C=O) groups excluding carboxylic acids is 2. The Bertz CT molecular complexity index is 693. The highest BCUT2D eigenvalue weighted by molar-refractivity contribution is 6.09. The van der Waals surface area contributed by atoms with Crippen molar-refractivity contribution in [1.29, 1.82) is 0 Å². The maximum atomic E-state index is 12.6. The first-order chi connectivity index (χ1) is 11.7. The highest BCUT2D eigenvalue weighted by Gasteiger charge is 2.43. The molecule has 1 heterocycles. The minimum absolute atomic E-state index is 0.00949. The van der Waals surface area contributed by atoms with Gasteiger partial charge in [-0.25, -0.2) is 0 Å². The summed E-state index contributed by atoms with van der Waals surface area (Å²) < 4.78 is 5.51. The van der Waals surface area contributed by atoms with E-state index in [2.05, 4.69) is 0 Å². The molecule has 0 saturated carbocycles. The Hall–Kier alpha value is -2.34. The molecule has 0 saturated heterocycles. The first-order valence-electron chi connectivity index (χ1n) is 8.42. The Labute approximate surface area is 147 Å². The number of rotatable bonds is 7. The zero-order valence-electron chi connectivity index (χ0n) is 15.0. The van der Waals surface area contributed by atoms with E-state index in [1.807, 2.05) is 13.8 Å². The smallest absolute Gasteiger partial charge is 0.290 e. The molecule has 6 heteroatoms. The summed E-state index contributed by atoms with van der Waals surface area (Å²) in [4.78, 5) is 26.6. The van der Waals surface area contributed by atoms with Gasteiger partial charge in [0.1, 0.15) is 5.75 Å². The van der Waals surface area contributed by atoms with Gasteiger partial charge in [-0.2, -0.15) is 0 Å². The number of aromatic hydroxyl groups is 1. The molecule has 0 bridgehead atoms. The van der Waals surface area contributed by atoms with Crippen molar-refractivity contribution in [1.82, 2.24) is 4.90 Å². The molecule has 136 valence electrons. The number of nitrogens with zero attached hydrogens (tertiary/aromatic N) is 1. The number of aliphatic hydroxyl groups excluding tert-OH is 1. The number of hydrogen-bond acceptors (Lipinski definition) is 5. The normalized spacial score (nSPS) is 17.9. The third kappa shape index (κ3) is 4.02. The van der Waals surface area contributed by atoms with Crippen molar-refractivity contribution in [2.45, 2.75) is 39.8 Å². The Morgan fingerprint density at radius 1 is 1.24 bits per heavy atom. The van der Waals surface area contributed by atoms with Crippen molar-refractivity contribution in [2.75, 3.05) is 13.2 Å². The van der Waals surface area contributed by atoms with E-state index in [4.69, 9.17) is 4.74 Å². The molecule has 2 N–H and O–H groups in total. The van der Waals surface area contributed by atoms with Crippen molar-refractivity contribution in [3.8, 4) is 5.75 Å². The number of ketones is 1. The molecule has 1 aliphatic rings. The molecule has 1 atom stereocenters. The molecule has 1 aromatic rings. The first kappa shape index (κ1) is 19.0. The Kier molecular flexibility index (Phi) is 5.85. The van der Waals surface area contributed by atoms with Crippen molar-refractivity contribution in [3.63, 3.8) is 0 Å². The molecule has 1 amide bonds. The van der Waals surface area contributed by atoms with E-state index in [1.54, 1.807) is 26.0 Å². The van der Waals surface area contributed by atoms with Crippen LogP contribution in [-0.4, -0.2) is 46.1 Å². The number of Topliss-reactive ketones (excluding diaryl/α,β-unsaturated/α-hetero) is 1. The quantitative estimate of drug-likeness (QED) is 0.792. The van der Waals surface area contributed by atoms with Gasteiger partial charge in [0.2, 0.25) is 0 Å². The molecule has 1 unspecified atom stereocenters. The molecule has 0 radical (unpaired) electrons. The number of phenolic OH excluding ortho intramolecular Hbond substituents is 1. The van der Waals surface area contributed by atoms with Crippen LogP contribution in [-0.2, 0) is 14.3 Å². The summed E-state index contributed by atoms with van der Waals surface area (Å²) in [5, 5.41) is 20.1. The second-order valence-electron chi connectivity index (χ2n) is 6.70. The zero-order valence-corrected chi connectivity index (χ0v) is 15.0. The van der Waals surface area contributed by atoms with Crippen LogP contribution >= 0.6 is 0 Å². The third-order valence-electron chi connectivity index (χ3n) is 4.06. The maximum Gasteiger partial charge on any atom is 0.290 e. The number of ether oxygens (including phenoxy) is 1. The number of benzene rings is 1. The van der Waals surface area contributed by atoms with Gasteiger partial charge < -0.3 is 19.8 Å². The number of carbonyl (C=O) groups is 2. The van der Waals surface area contributed by atoms with E-state index >= 15 is 0 Å². The third-order valence-corrected chi connectivity index (χ3v) is 4.06. The first-order valence-corrected chi connectivity index (χ1v) is 8.42. The van der Waals surface area contributed by atoms with Gasteiger partial charge in [0.05, 0.1) is 24.3 Å². The molecular formula is C19H25NO5. The molecule has 25 heavy (non-hydrogen) atoms. The van der Waals surface area contributed by atoms with Crippen LogP contribution in [0.4, 0.5) is 0 Å². The fourth-order valence-electron chi connectivity index (χ4n) is 2.88. The van der Waals surface area contributed by atoms with Crippen molar-refractivity contribution in [3.05, 3.63) is 41.2 Å². The van der Waals surface area contributed by atoms with Gasteiger partial charge in [-0.3, -0.25) is 9.59 Å². The molecule has 0 aromatic heterocycles. The number of amides is 1. The van der Waals surface area contributed by atoms with Crippen molar-refractivity contribution < 1.29 is 24.5 Å². The van der Waals surface area contributed by atoms with E-state index in [-0.39, 0.29) is 42.3 Å². The van der Waals surface area contributed by atoms with Crippen LogP contribution in [0.3, 0.4) is 0 Å². The molecule has 0 spiro atoms. The summed E-state index contributed by atoms with van der Waals surface area (Å²) in [6, 6.07) is 5.65. The van der Waals surface area contributed by atoms with Crippen LogP contribution in [0.25, 0.3) is 0 Å². The van der Waals surface area contributed by atoms with Crippen LogP contribution in [0.2, 0.25) is 0 Å². The molecule has 1 aliphatic heterocycles. The number of hydrogen-bond donors (Lipinski definition) is 2. The Balaban J connectivity index is 2.42. The summed E-state index contributed by atoms with van der Waals surface area (Å²) in [6.45, 7) is 7.74. The average molecular weight is 347 g/mol. The van der Waals surface area contributed by atoms with Crippen molar-refractivity contribution >= 4 is 11.7 Å². The second-order valence-corrected chi connectivity index (χ2v) is 6.70. The van der Waals surface area contributed by atoms with Crippen LogP contribution < -0.4 is 0 Å². The minimum atomic E-state index is -0.731. The van der Waals surface area contributed by atoms with Gasteiger partial charge in [0.15, 0.2) is 11.5 Å². The van der Waals surface area contributed by atoms with Crippen LogP contribution in [0.1, 0.15) is 39.3 Å². The minimum Gasteiger partial charge on any atom is -0.508 e. The lowest BCUT2D eigenvalue weighted by molar-refractivity contribution is -0.130. The van der Waals surface area contributed by atoms with Crippen LogP contribution in [0.5, 0.6) is 5.75 Å². The zero-order chi connectivity index (χ0) is 18.7. The molecule has 1 aromatic carbocycles. The lowest BCUT2D eigenvalue weighted by Gasteiger charge is -2.27. The van der Waals surface area contributed by atoms with E-state index in [0.29, 0.717) is 5.56 Å². The average Bonchev–Trinajstić information content (AvgIpc) is 2.78. The molecule has 6 nitrogen and oxygen atoms in total. The predicted molar refractivity (Wildman–Crippen MR) is 93.1 cm³/mol.